The van der Waals surface area contributed by atoms with E-state index >= 15 is 0 Å². The highest BCUT2D eigenvalue weighted by Gasteiger charge is 2.03. The maximum Gasteiger partial charge on any atom is 0.156 e. The summed E-state index contributed by atoms with van der Waals surface area (Å²) in [5.74, 6) is 1.52. The summed E-state index contributed by atoms with van der Waals surface area (Å²) in [5.41, 5.74) is 8.23. The average molecular weight is 233 g/mol. The molecule has 0 spiro atoms. The first kappa shape index (κ1) is 11.3. The number of nitrogen functional groups attached to an aromatic ring is 1. The zero-order chi connectivity index (χ0) is 12.3. The largest absolute Gasteiger partial charge is 0.497 e. The molecule has 0 atom stereocenters. The molecule has 17 heavy (non-hydrogen) atoms. The fourth-order valence-corrected chi connectivity index (χ4v) is 1.51. The van der Waals surface area contributed by atoms with E-state index in [1.165, 1.54) is 0 Å². The van der Waals surface area contributed by atoms with Gasteiger partial charge in [-0.1, -0.05) is 5.16 Å². The van der Waals surface area contributed by atoms with Crippen molar-refractivity contribution in [3.05, 3.63) is 35.7 Å². The summed E-state index contributed by atoms with van der Waals surface area (Å²) >= 11 is 0. The predicted octanol–water partition coefficient (Wildman–Crippen LogP) is 2.19. The summed E-state index contributed by atoms with van der Waals surface area (Å²) in [6, 6.07) is 7.38. The van der Waals surface area contributed by atoms with Crippen molar-refractivity contribution >= 4 is 11.4 Å². The van der Waals surface area contributed by atoms with Crippen LogP contribution in [0.3, 0.4) is 0 Å². The van der Waals surface area contributed by atoms with Gasteiger partial charge in [0, 0.05) is 12.1 Å². The Balaban J connectivity index is 2.04. The lowest BCUT2D eigenvalue weighted by molar-refractivity contribution is 0.384. The number of anilines is 2. The van der Waals surface area contributed by atoms with Gasteiger partial charge in [0.15, 0.2) is 5.76 Å². The van der Waals surface area contributed by atoms with Crippen LogP contribution in [-0.4, -0.2) is 12.3 Å². The van der Waals surface area contributed by atoms with Crippen LogP contribution < -0.4 is 15.8 Å². The molecule has 0 fully saturated rings. The fraction of sp³-hybridized carbons (Fsp3) is 0.250. The quantitative estimate of drug-likeness (QED) is 0.792. The second-order valence-corrected chi connectivity index (χ2v) is 3.74. The number of aryl methyl sites for hydroxylation is 1. The van der Waals surface area contributed by atoms with Crippen molar-refractivity contribution in [3.63, 3.8) is 0 Å². The van der Waals surface area contributed by atoms with Crippen LogP contribution in [0.15, 0.2) is 28.8 Å². The molecular formula is C12H15N3O2. The highest BCUT2D eigenvalue weighted by molar-refractivity contribution is 5.68. The van der Waals surface area contributed by atoms with E-state index in [-0.39, 0.29) is 0 Å². The summed E-state index contributed by atoms with van der Waals surface area (Å²) in [4.78, 5) is 0. The number of methoxy groups -OCH3 is 1. The van der Waals surface area contributed by atoms with Gasteiger partial charge in [-0.3, -0.25) is 0 Å². The van der Waals surface area contributed by atoms with E-state index in [9.17, 15) is 0 Å². The minimum absolute atomic E-state index is 0.553. The van der Waals surface area contributed by atoms with E-state index in [2.05, 4.69) is 10.5 Å². The molecule has 0 saturated carbocycles. The lowest BCUT2D eigenvalue weighted by Gasteiger charge is -2.09. The van der Waals surface area contributed by atoms with Gasteiger partial charge in [0.05, 0.1) is 30.7 Å². The van der Waals surface area contributed by atoms with E-state index in [1.807, 2.05) is 25.1 Å². The normalized spacial score (nSPS) is 10.2. The van der Waals surface area contributed by atoms with Gasteiger partial charge in [-0.05, 0) is 19.1 Å². The van der Waals surface area contributed by atoms with E-state index in [0.717, 1.165) is 22.9 Å². The van der Waals surface area contributed by atoms with E-state index in [4.69, 9.17) is 15.0 Å². The number of hydrogen-bond donors (Lipinski definition) is 2. The zero-order valence-electron chi connectivity index (χ0n) is 9.86. The van der Waals surface area contributed by atoms with Crippen molar-refractivity contribution in [2.24, 2.45) is 0 Å². The van der Waals surface area contributed by atoms with Gasteiger partial charge >= 0.3 is 0 Å². The van der Waals surface area contributed by atoms with Crippen LogP contribution in [0.4, 0.5) is 11.4 Å². The lowest BCUT2D eigenvalue weighted by Crippen LogP contribution is -2.01. The third-order valence-corrected chi connectivity index (χ3v) is 2.39. The summed E-state index contributed by atoms with van der Waals surface area (Å²) in [6.45, 7) is 2.44. The third kappa shape index (κ3) is 2.69. The standard InChI is InChI=1S/C12H15N3O2/c1-8-5-10(17-15-8)7-14-12-4-3-9(16-2)6-11(12)13/h3-6,14H,7,13H2,1-2H3. The van der Waals surface area contributed by atoms with Crippen LogP contribution in [-0.2, 0) is 6.54 Å². The molecular weight excluding hydrogens is 218 g/mol. The van der Waals surface area contributed by atoms with Gasteiger partial charge in [-0.25, -0.2) is 0 Å². The van der Waals surface area contributed by atoms with Gasteiger partial charge in [0.25, 0.3) is 0 Å². The summed E-state index contributed by atoms with van der Waals surface area (Å²) in [6.07, 6.45) is 0. The number of aromatic nitrogens is 1. The molecule has 0 saturated heterocycles. The van der Waals surface area contributed by atoms with E-state index in [0.29, 0.717) is 12.2 Å². The number of rotatable bonds is 4. The van der Waals surface area contributed by atoms with E-state index in [1.54, 1.807) is 13.2 Å². The Morgan fingerprint density at radius 1 is 1.41 bits per heavy atom. The molecule has 0 aliphatic heterocycles. The van der Waals surface area contributed by atoms with Crippen LogP contribution in [0.1, 0.15) is 11.5 Å². The molecule has 2 rings (SSSR count). The maximum absolute atomic E-state index is 5.88. The highest BCUT2D eigenvalue weighted by atomic mass is 16.5. The predicted molar refractivity (Wildman–Crippen MR) is 66.0 cm³/mol. The molecule has 3 N–H and O–H groups in total. The number of nitrogens with zero attached hydrogens (tertiary/aromatic N) is 1. The molecule has 0 aliphatic rings. The van der Waals surface area contributed by atoms with E-state index < -0.39 is 0 Å². The molecule has 1 aromatic carbocycles. The molecule has 0 unspecified atom stereocenters. The zero-order valence-corrected chi connectivity index (χ0v) is 9.86. The first-order chi connectivity index (χ1) is 8.19. The molecule has 90 valence electrons. The monoisotopic (exact) mass is 233 g/mol. The van der Waals surface area contributed by atoms with Gasteiger partial charge in [0.1, 0.15) is 5.75 Å². The van der Waals surface area contributed by atoms with Crippen LogP contribution in [0.2, 0.25) is 0 Å². The van der Waals surface area contributed by atoms with Gasteiger partial charge < -0.3 is 20.3 Å². The Morgan fingerprint density at radius 2 is 2.24 bits per heavy atom. The molecule has 0 aliphatic carbocycles. The van der Waals surface area contributed by atoms with Crippen molar-refractivity contribution in [1.82, 2.24) is 5.16 Å². The first-order valence-corrected chi connectivity index (χ1v) is 5.28. The van der Waals surface area contributed by atoms with Crippen molar-refractivity contribution < 1.29 is 9.26 Å². The number of benzene rings is 1. The molecule has 0 amide bonds. The number of hydrogen-bond acceptors (Lipinski definition) is 5. The van der Waals surface area contributed by atoms with Crippen molar-refractivity contribution in [1.29, 1.82) is 0 Å². The average Bonchev–Trinajstić information content (AvgIpc) is 2.73. The Hall–Kier alpha value is -2.17. The number of nitrogens with two attached hydrogens (primary N) is 1. The van der Waals surface area contributed by atoms with Gasteiger partial charge in [-0.2, -0.15) is 0 Å². The smallest absolute Gasteiger partial charge is 0.156 e. The van der Waals surface area contributed by atoms with Crippen molar-refractivity contribution in [2.45, 2.75) is 13.5 Å². The lowest BCUT2D eigenvalue weighted by atomic mass is 10.2. The van der Waals surface area contributed by atoms with Crippen LogP contribution in [0.5, 0.6) is 5.75 Å². The first-order valence-electron chi connectivity index (χ1n) is 5.28. The van der Waals surface area contributed by atoms with Crippen molar-refractivity contribution in [3.8, 4) is 5.75 Å². The number of nitrogens with one attached hydrogen (secondary N) is 1. The Labute approximate surface area is 99.6 Å². The second-order valence-electron chi connectivity index (χ2n) is 3.74. The number of ether oxygens (including phenoxy) is 1. The Morgan fingerprint density at radius 3 is 2.82 bits per heavy atom. The van der Waals surface area contributed by atoms with Gasteiger partial charge in [-0.15, -0.1) is 0 Å². The fourth-order valence-electron chi connectivity index (χ4n) is 1.51. The molecule has 5 nitrogen and oxygen atoms in total. The van der Waals surface area contributed by atoms with Gasteiger partial charge in [0.2, 0.25) is 0 Å². The van der Waals surface area contributed by atoms with Crippen molar-refractivity contribution in [2.75, 3.05) is 18.2 Å². The molecule has 0 bridgehead atoms. The second kappa shape index (κ2) is 4.78. The van der Waals surface area contributed by atoms with Crippen LogP contribution in [0.25, 0.3) is 0 Å². The maximum atomic E-state index is 5.88. The highest BCUT2D eigenvalue weighted by Crippen LogP contribution is 2.24. The minimum atomic E-state index is 0.553. The third-order valence-electron chi connectivity index (χ3n) is 2.39. The molecule has 1 heterocycles. The van der Waals surface area contributed by atoms with Crippen LogP contribution in [0, 0.1) is 6.92 Å². The molecule has 0 radical (unpaired) electrons. The Kier molecular flexibility index (Phi) is 3.18. The molecule has 2 aromatic rings. The Bertz CT molecular complexity index is 508. The minimum Gasteiger partial charge on any atom is -0.497 e. The topological polar surface area (TPSA) is 73.3 Å². The summed E-state index contributed by atoms with van der Waals surface area (Å²) < 4.78 is 10.2. The van der Waals surface area contributed by atoms with Crippen LogP contribution >= 0.6 is 0 Å². The summed E-state index contributed by atoms with van der Waals surface area (Å²) in [7, 11) is 1.61. The SMILES string of the molecule is COc1ccc(NCc2cc(C)no2)c(N)c1. The summed E-state index contributed by atoms with van der Waals surface area (Å²) in [5, 5.41) is 6.99. The molecule has 1 aromatic heterocycles. The molecule has 5 heteroatoms.